The molecule has 0 atom stereocenters. The van der Waals surface area contributed by atoms with Crippen LogP contribution in [0.1, 0.15) is 28.3 Å². The molecule has 0 bridgehead atoms. The van der Waals surface area contributed by atoms with Crippen LogP contribution in [0.25, 0.3) is 11.3 Å². The molecule has 1 aromatic carbocycles. The SMILES string of the molecule is Cc1cc(C)n(CCCNC(=O)c2cc(-c3ccc(F)cc3)on2)n1. The van der Waals surface area contributed by atoms with Crippen LogP contribution in [-0.2, 0) is 6.54 Å². The second-order valence-corrected chi connectivity index (χ2v) is 5.84. The van der Waals surface area contributed by atoms with E-state index in [9.17, 15) is 9.18 Å². The lowest BCUT2D eigenvalue weighted by Gasteiger charge is -2.05. The van der Waals surface area contributed by atoms with Gasteiger partial charge < -0.3 is 9.84 Å². The summed E-state index contributed by atoms with van der Waals surface area (Å²) in [5.41, 5.74) is 2.95. The van der Waals surface area contributed by atoms with Crippen LogP contribution in [0.3, 0.4) is 0 Å². The second kappa shape index (κ2) is 7.29. The van der Waals surface area contributed by atoms with Crippen molar-refractivity contribution in [3.8, 4) is 11.3 Å². The van der Waals surface area contributed by atoms with E-state index in [1.54, 1.807) is 18.2 Å². The van der Waals surface area contributed by atoms with Gasteiger partial charge in [0.15, 0.2) is 11.5 Å². The maximum absolute atomic E-state index is 12.9. The van der Waals surface area contributed by atoms with E-state index in [1.165, 1.54) is 12.1 Å². The number of hydrogen-bond donors (Lipinski definition) is 1. The number of rotatable bonds is 6. The number of aryl methyl sites for hydroxylation is 3. The van der Waals surface area contributed by atoms with Gasteiger partial charge in [-0.15, -0.1) is 0 Å². The average Bonchev–Trinajstić information content (AvgIpc) is 3.19. The molecule has 0 aliphatic heterocycles. The van der Waals surface area contributed by atoms with Gasteiger partial charge in [-0.05, 0) is 50.6 Å². The van der Waals surface area contributed by atoms with Crippen LogP contribution in [0.4, 0.5) is 4.39 Å². The third-order valence-corrected chi connectivity index (χ3v) is 3.81. The third kappa shape index (κ3) is 4.12. The largest absolute Gasteiger partial charge is 0.355 e. The summed E-state index contributed by atoms with van der Waals surface area (Å²) in [7, 11) is 0. The Labute approximate surface area is 144 Å². The summed E-state index contributed by atoms with van der Waals surface area (Å²) in [5, 5.41) is 11.0. The standard InChI is InChI=1S/C18H19FN4O2/c1-12-10-13(2)23(21-12)9-3-8-20-18(24)16-11-17(25-22-16)14-4-6-15(19)7-5-14/h4-7,10-11H,3,8-9H2,1-2H3,(H,20,24). The zero-order chi connectivity index (χ0) is 17.8. The van der Waals surface area contributed by atoms with Crippen molar-refractivity contribution < 1.29 is 13.7 Å². The number of hydrogen-bond acceptors (Lipinski definition) is 4. The molecule has 3 rings (SSSR count). The van der Waals surface area contributed by atoms with Gasteiger partial charge in [0.2, 0.25) is 0 Å². The summed E-state index contributed by atoms with van der Waals surface area (Å²) in [6.45, 7) is 5.20. The fourth-order valence-corrected chi connectivity index (χ4v) is 2.56. The van der Waals surface area contributed by atoms with Crippen molar-refractivity contribution in [2.45, 2.75) is 26.8 Å². The minimum absolute atomic E-state index is 0.199. The summed E-state index contributed by atoms with van der Waals surface area (Å²) in [4.78, 5) is 12.1. The van der Waals surface area contributed by atoms with E-state index >= 15 is 0 Å². The Morgan fingerprint density at radius 2 is 2.00 bits per heavy atom. The minimum Gasteiger partial charge on any atom is -0.355 e. The van der Waals surface area contributed by atoms with Gasteiger partial charge in [-0.2, -0.15) is 5.10 Å². The molecule has 0 aliphatic carbocycles. The molecule has 1 N–H and O–H groups in total. The van der Waals surface area contributed by atoms with Crippen LogP contribution in [0.15, 0.2) is 40.9 Å². The number of aromatic nitrogens is 3. The Balaban J connectivity index is 1.52. The van der Waals surface area contributed by atoms with Gasteiger partial charge in [-0.1, -0.05) is 5.16 Å². The van der Waals surface area contributed by atoms with Gasteiger partial charge in [0.25, 0.3) is 5.91 Å². The smallest absolute Gasteiger partial charge is 0.273 e. The molecule has 1 amide bonds. The fourth-order valence-electron chi connectivity index (χ4n) is 2.56. The fraction of sp³-hybridized carbons (Fsp3) is 0.278. The number of halogens is 1. The monoisotopic (exact) mass is 342 g/mol. The first-order chi connectivity index (χ1) is 12.0. The summed E-state index contributed by atoms with van der Waals surface area (Å²) in [5.74, 6) is -0.206. The molecule has 0 fully saturated rings. The highest BCUT2D eigenvalue weighted by Gasteiger charge is 2.13. The first-order valence-electron chi connectivity index (χ1n) is 8.05. The molecule has 0 radical (unpaired) electrons. The number of nitrogens with one attached hydrogen (secondary N) is 1. The van der Waals surface area contributed by atoms with Crippen LogP contribution in [0.5, 0.6) is 0 Å². The maximum atomic E-state index is 12.9. The van der Waals surface area contributed by atoms with Gasteiger partial charge in [0.1, 0.15) is 5.82 Å². The van der Waals surface area contributed by atoms with Gasteiger partial charge in [-0.25, -0.2) is 4.39 Å². The average molecular weight is 342 g/mol. The van der Waals surface area contributed by atoms with Gasteiger partial charge in [-0.3, -0.25) is 9.48 Å². The van der Waals surface area contributed by atoms with E-state index < -0.39 is 0 Å². The summed E-state index contributed by atoms with van der Waals surface area (Å²) >= 11 is 0. The lowest BCUT2D eigenvalue weighted by atomic mass is 10.1. The van der Waals surface area contributed by atoms with Crippen LogP contribution in [0.2, 0.25) is 0 Å². The molecule has 0 unspecified atom stereocenters. The predicted octanol–water partition coefficient (Wildman–Crippen LogP) is 3.11. The molecule has 0 spiro atoms. The molecule has 6 nitrogen and oxygen atoms in total. The minimum atomic E-state index is -0.330. The number of amides is 1. The highest BCUT2D eigenvalue weighted by Crippen LogP contribution is 2.20. The Morgan fingerprint density at radius 1 is 1.24 bits per heavy atom. The quantitative estimate of drug-likeness (QED) is 0.699. The lowest BCUT2D eigenvalue weighted by molar-refractivity contribution is 0.0943. The molecular weight excluding hydrogens is 323 g/mol. The lowest BCUT2D eigenvalue weighted by Crippen LogP contribution is -2.25. The molecule has 0 aliphatic rings. The molecule has 2 heterocycles. The van der Waals surface area contributed by atoms with E-state index in [0.29, 0.717) is 17.9 Å². The zero-order valence-electron chi connectivity index (χ0n) is 14.1. The van der Waals surface area contributed by atoms with Crippen molar-refractivity contribution >= 4 is 5.91 Å². The number of benzene rings is 1. The Bertz CT molecular complexity index is 868. The zero-order valence-corrected chi connectivity index (χ0v) is 14.1. The van der Waals surface area contributed by atoms with Gasteiger partial charge in [0, 0.05) is 30.4 Å². The van der Waals surface area contributed by atoms with Crippen molar-refractivity contribution in [3.05, 3.63) is 59.3 Å². The summed E-state index contributed by atoms with van der Waals surface area (Å²) < 4.78 is 20.0. The van der Waals surface area contributed by atoms with Crippen LogP contribution >= 0.6 is 0 Å². The molecule has 3 aromatic rings. The highest BCUT2D eigenvalue weighted by molar-refractivity contribution is 5.93. The van der Waals surface area contributed by atoms with Crippen LogP contribution < -0.4 is 5.32 Å². The molecule has 130 valence electrons. The summed E-state index contributed by atoms with van der Waals surface area (Å²) in [6, 6.07) is 9.37. The molecule has 2 aromatic heterocycles. The second-order valence-electron chi connectivity index (χ2n) is 5.84. The Morgan fingerprint density at radius 3 is 2.68 bits per heavy atom. The van der Waals surface area contributed by atoms with E-state index in [0.717, 1.165) is 24.4 Å². The normalized spacial score (nSPS) is 10.8. The van der Waals surface area contributed by atoms with Crippen molar-refractivity contribution in [2.75, 3.05) is 6.54 Å². The molecule has 0 saturated heterocycles. The Kier molecular flexibility index (Phi) is 4.92. The first kappa shape index (κ1) is 16.9. The Hall–Kier alpha value is -2.96. The van der Waals surface area contributed by atoms with Crippen molar-refractivity contribution in [1.29, 1.82) is 0 Å². The molecule has 25 heavy (non-hydrogen) atoms. The number of nitrogens with zero attached hydrogens (tertiary/aromatic N) is 3. The van der Waals surface area contributed by atoms with E-state index in [2.05, 4.69) is 15.6 Å². The van der Waals surface area contributed by atoms with E-state index in [-0.39, 0.29) is 17.4 Å². The van der Waals surface area contributed by atoms with Gasteiger partial charge >= 0.3 is 0 Å². The first-order valence-corrected chi connectivity index (χ1v) is 8.05. The number of carbonyl (C=O) groups is 1. The van der Waals surface area contributed by atoms with E-state index in [4.69, 9.17) is 4.52 Å². The van der Waals surface area contributed by atoms with Crippen LogP contribution in [0, 0.1) is 19.7 Å². The molecule has 7 heteroatoms. The van der Waals surface area contributed by atoms with Crippen molar-refractivity contribution in [3.63, 3.8) is 0 Å². The topological polar surface area (TPSA) is 73.0 Å². The molecular formula is C18H19FN4O2. The van der Waals surface area contributed by atoms with Crippen molar-refractivity contribution in [1.82, 2.24) is 20.3 Å². The van der Waals surface area contributed by atoms with E-state index in [1.807, 2.05) is 24.6 Å². The van der Waals surface area contributed by atoms with Gasteiger partial charge in [0.05, 0.1) is 5.69 Å². The summed E-state index contributed by atoms with van der Waals surface area (Å²) in [6.07, 6.45) is 0.760. The molecule has 0 saturated carbocycles. The predicted molar refractivity (Wildman–Crippen MR) is 90.5 cm³/mol. The highest BCUT2D eigenvalue weighted by atomic mass is 19.1. The van der Waals surface area contributed by atoms with Crippen LogP contribution in [-0.4, -0.2) is 27.4 Å². The number of carbonyl (C=O) groups excluding carboxylic acids is 1. The third-order valence-electron chi connectivity index (χ3n) is 3.81. The maximum Gasteiger partial charge on any atom is 0.273 e. The van der Waals surface area contributed by atoms with Crippen molar-refractivity contribution in [2.24, 2.45) is 0 Å².